The fourth-order valence-corrected chi connectivity index (χ4v) is 1.68. The standard InChI is InChI=1S/C14H16NO.ClH/c1-12(16)14-8-5-9-15(11-14)10-13-6-3-2-4-7-13;/h2-9,11-12,16H,10H2,1H3;1H/q+1;. The van der Waals surface area contributed by atoms with Crippen LogP contribution in [0.2, 0.25) is 0 Å². The first-order valence-electron chi connectivity index (χ1n) is 5.47. The van der Waals surface area contributed by atoms with Crippen LogP contribution in [0.15, 0.2) is 54.9 Å². The number of aliphatic hydroxyl groups is 1. The van der Waals surface area contributed by atoms with E-state index in [1.54, 1.807) is 6.92 Å². The lowest BCUT2D eigenvalue weighted by atomic mass is 10.2. The summed E-state index contributed by atoms with van der Waals surface area (Å²) in [7, 11) is 0. The molecule has 0 bridgehead atoms. The van der Waals surface area contributed by atoms with E-state index in [0.717, 1.165) is 12.1 Å². The minimum atomic E-state index is -0.414. The maximum atomic E-state index is 9.50. The first-order chi connectivity index (χ1) is 7.75. The SMILES string of the molecule is CC(O)c1ccc[n+](Cc2ccccc2)c1.Cl. The molecule has 17 heavy (non-hydrogen) atoms. The summed E-state index contributed by atoms with van der Waals surface area (Å²) in [5.74, 6) is 0. The third-order valence-electron chi connectivity index (χ3n) is 2.57. The number of hydrogen-bond donors (Lipinski definition) is 1. The van der Waals surface area contributed by atoms with Crippen molar-refractivity contribution in [3.05, 3.63) is 66.0 Å². The smallest absolute Gasteiger partial charge is 0.174 e. The van der Waals surface area contributed by atoms with E-state index in [1.165, 1.54) is 5.56 Å². The lowest BCUT2D eigenvalue weighted by molar-refractivity contribution is -0.688. The Morgan fingerprint density at radius 3 is 2.47 bits per heavy atom. The van der Waals surface area contributed by atoms with Crippen LogP contribution in [0.4, 0.5) is 0 Å². The average molecular weight is 251 g/mol. The Bertz CT molecular complexity index is 457. The van der Waals surface area contributed by atoms with E-state index in [1.807, 2.05) is 42.7 Å². The van der Waals surface area contributed by atoms with Gasteiger partial charge in [0.05, 0.1) is 6.10 Å². The van der Waals surface area contributed by atoms with Crippen LogP contribution < -0.4 is 4.57 Å². The van der Waals surface area contributed by atoms with E-state index in [9.17, 15) is 5.11 Å². The lowest BCUT2D eigenvalue weighted by Gasteiger charge is -2.03. The van der Waals surface area contributed by atoms with Gasteiger partial charge in [-0.1, -0.05) is 30.3 Å². The van der Waals surface area contributed by atoms with Gasteiger partial charge in [0.15, 0.2) is 18.9 Å². The molecular formula is C14H17ClNO+. The number of rotatable bonds is 3. The normalized spacial score (nSPS) is 11.6. The number of hydrogen-bond acceptors (Lipinski definition) is 1. The van der Waals surface area contributed by atoms with Crippen molar-refractivity contribution in [2.75, 3.05) is 0 Å². The molecule has 2 nitrogen and oxygen atoms in total. The van der Waals surface area contributed by atoms with E-state index in [4.69, 9.17) is 0 Å². The molecule has 0 saturated heterocycles. The number of benzene rings is 1. The zero-order valence-corrected chi connectivity index (χ0v) is 10.6. The van der Waals surface area contributed by atoms with Gasteiger partial charge in [0.2, 0.25) is 0 Å². The summed E-state index contributed by atoms with van der Waals surface area (Å²) >= 11 is 0. The summed E-state index contributed by atoms with van der Waals surface area (Å²) < 4.78 is 2.08. The van der Waals surface area contributed by atoms with Crippen LogP contribution in [-0.4, -0.2) is 5.11 Å². The van der Waals surface area contributed by atoms with Crippen molar-refractivity contribution in [2.45, 2.75) is 19.6 Å². The van der Waals surface area contributed by atoms with E-state index in [0.29, 0.717) is 0 Å². The minimum absolute atomic E-state index is 0. The largest absolute Gasteiger partial charge is 0.388 e. The van der Waals surface area contributed by atoms with Crippen LogP contribution in [-0.2, 0) is 6.54 Å². The molecule has 3 heteroatoms. The number of nitrogens with zero attached hydrogens (tertiary/aromatic N) is 1. The Hall–Kier alpha value is -1.38. The molecule has 2 aromatic rings. The van der Waals surface area contributed by atoms with Crippen molar-refractivity contribution in [3.63, 3.8) is 0 Å². The highest BCUT2D eigenvalue weighted by Gasteiger charge is 2.07. The quantitative estimate of drug-likeness (QED) is 0.832. The average Bonchev–Trinajstić information content (AvgIpc) is 2.30. The zero-order valence-electron chi connectivity index (χ0n) is 9.78. The van der Waals surface area contributed by atoms with Crippen LogP contribution in [0.25, 0.3) is 0 Å². The molecule has 1 aromatic heterocycles. The molecule has 1 unspecified atom stereocenters. The van der Waals surface area contributed by atoms with Crippen molar-refractivity contribution < 1.29 is 9.67 Å². The second-order valence-electron chi connectivity index (χ2n) is 3.97. The highest BCUT2D eigenvalue weighted by molar-refractivity contribution is 5.85. The molecule has 90 valence electrons. The first-order valence-corrected chi connectivity index (χ1v) is 5.47. The molecular weight excluding hydrogens is 234 g/mol. The third kappa shape index (κ3) is 3.84. The molecule has 0 amide bonds. The predicted molar refractivity (Wildman–Crippen MR) is 70.1 cm³/mol. The highest BCUT2D eigenvalue weighted by Crippen LogP contribution is 2.08. The second kappa shape index (κ2) is 6.38. The van der Waals surface area contributed by atoms with Gasteiger partial charge in [0.1, 0.15) is 0 Å². The van der Waals surface area contributed by atoms with Gasteiger partial charge in [-0.3, -0.25) is 0 Å². The Labute approximate surface area is 108 Å². The summed E-state index contributed by atoms with van der Waals surface area (Å²) in [4.78, 5) is 0. The van der Waals surface area contributed by atoms with Crippen molar-refractivity contribution >= 4 is 12.4 Å². The summed E-state index contributed by atoms with van der Waals surface area (Å²) in [5.41, 5.74) is 2.20. The van der Waals surface area contributed by atoms with Gasteiger partial charge < -0.3 is 5.11 Å². The molecule has 0 aliphatic rings. The van der Waals surface area contributed by atoms with Crippen LogP contribution in [0.5, 0.6) is 0 Å². The van der Waals surface area contributed by atoms with Crippen molar-refractivity contribution in [1.82, 2.24) is 0 Å². The maximum absolute atomic E-state index is 9.50. The molecule has 0 fully saturated rings. The second-order valence-corrected chi connectivity index (χ2v) is 3.97. The third-order valence-corrected chi connectivity index (χ3v) is 2.57. The van der Waals surface area contributed by atoms with Gasteiger partial charge in [0, 0.05) is 17.2 Å². The molecule has 1 aromatic carbocycles. The zero-order chi connectivity index (χ0) is 11.4. The molecule has 0 aliphatic heterocycles. The van der Waals surface area contributed by atoms with Gasteiger partial charge in [-0.15, -0.1) is 12.4 Å². The topological polar surface area (TPSA) is 24.1 Å². The summed E-state index contributed by atoms with van der Waals surface area (Å²) in [5, 5.41) is 9.50. The summed E-state index contributed by atoms with van der Waals surface area (Å²) in [6.45, 7) is 2.61. The summed E-state index contributed by atoms with van der Waals surface area (Å²) in [6.07, 6.45) is 3.58. The van der Waals surface area contributed by atoms with Crippen molar-refractivity contribution in [2.24, 2.45) is 0 Å². The van der Waals surface area contributed by atoms with Crippen LogP contribution >= 0.6 is 12.4 Å². The molecule has 1 N–H and O–H groups in total. The van der Waals surface area contributed by atoms with Gasteiger partial charge in [-0.05, 0) is 13.0 Å². The van der Waals surface area contributed by atoms with Crippen LogP contribution in [0.1, 0.15) is 24.2 Å². The van der Waals surface area contributed by atoms with Crippen LogP contribution in [0, 0.1) is 0 Å². The van der Waals surface area contributed by atoms with E-state index >= 15 is 0 Å². The highest BCUT2D eigenvalue weighted by atomic mass is 35.5. The maximum Gasteiger partial charge on any atom is 0.174 e. The molecule has 1 heterocycles. The van der Waals surface area contributed by atoms with Gasteiger partial charge >= 0.3 is 0 Å². The van der Waals surface area contributed by atoms with E-state index in [2.05, 4.69) is 16.7 Å². The fraction of sp³-hybridized carbons (Fsp3) is 0.214. The Balaban J connectivity index is 0.00000144. The van der Waals surface area contributed by atoms with E-state index < -0.39 is 6.10 Å². The molecule has 0 aliphatic carbocycles. The molecule has 2 rings (SSSR count). The number of aliphatic hydroxyl groups excluding tert-OH is 1. The first kappa shape index (κ1) is 13.7. The van der Waals surface area contributed by atoms with Crippen molar-refractivity contribution in [3.8, 4) is 0 Å². The lowest BCUT2D eigenvalue weighted by Crippen LogP contribution is -2.34. The van der Waals surface area contributed by atoms with Crippen molar-refractivity contribution in [1.29, 1.82) is 0 Å². The number of halogens is 1. The predicted octanol–water partition coefficient (Wildman–Crippen LogP) is 2.50. The number of aromatic nitrogens is 1. The van der Waals surface area contributed by atoms with Gasteiger partial charge in [0.25, 0.3) is 0 Å². The molecule has 0 saturated carbocycles. The van der Waals surface area contributed by atoms with E-state index in [-0.39, 0.29) is 12.4 Å². The van der Waals surface area contributed by atoms with Crippen LogP contribution in [0.3, 0.4) is 0 Å². The molecule has 1 atom stereocenters. The molecule has 0 spiro atoms. The Morgan fingerprint density at radius 2 is 1.82 bits per heavy atom. The Kier molecular flexibility index (Phi) is 5.13. The molecule has 0 radical (unpaired) electrons. The fourth-order valence-electron chi connectivity index (χ4n) is 1.68. The van der Waals surface area contributed by atoms with Gasteiger partial charge in [-0.2, -0.15) is 0 Å². The Morgan fingerprint density at radius 1 is 1.12 bits per heavy atom. The number of pyridine rings is 1. The minimum Gasteiger partial charge on any atom is -0.388 e. The van der Waals surface area contributed by atoms with Gasteiger partial charge in [-0.25, -0.2) is 4.57 Å². The summed E-state index contributed by atoms with van der Waals surface area (Å²) in [6, 6.07) is 14.2. The monoisotopic (exact) mass is 250 g/mol.